The number of carbonyl (C=O) groups is 2. The van der Waals surface area contributed by atoms with Crippen molar-refractivity contribution in [1.29, 1.82) is 0 Å². The highest BCUT2D eigenvalue weighted by atomic mass is 16.5. The van der Waals surface area contributed by atoms with E-state index in [4.69, 9.17) is 0 Å². The lowest BCUT2D eigenvalue weighted by Crippen LogP contribution is -2.34. The molecule has 0 bridgehead atoms. The molecule has 0 aromatic heterocycles. The SMILES string of the molecule is CCC(O)C(C(C)=O)C(=O)OC. The third-order valence-electron chi connectivity index (χ3n) is 1.70. The number of aliphatic hydroxyl groups excluding tert-OH is 1. The summed E-state index contributed by atoms with van der Waals surface area (Å²) < 4.78 is 4.38. The molecule has 0 aromatic rings. The summed E-state index contributed by atoms with van der Waals surface area (Å²) in [7, 11) is 1.20. The molecule has 12 heavy (non-hydrogen) atoms. The highest BCUT2D eigenvalue weighted by Gasteiger charge is 2.30. The normalized spacial score (nSPS) is 15.0. The zero-order valence-electron chi connectivity index (χ0n) is 7.53. The molecule has 4 heteroatoms. The van der Waals surface area contributed by atoms with Crippen LogP contribution >= 0.6 is 0 Å². The fourth-order valence-corrected chi connectivity index (χ4v) is 0.957. The summed E-state index contributed by atoms with van der Waals surface area (Å²) in [5.41, 5.74) is 0. The van der Waals surface area contributed by atoms with E-state index in [1.54, 1.807) is 6.92 Å². The average molecular weight is 174 g/mol. The Morgan fingerprint density at radius 3 is 2.25 bits per heavy atom. The molecule has 2 atom stereocenters. The number of rotatable bonds is 4. The van der Waals surface area contributed by atoms with Crippen molar-refractivity contribution < 1.29 is 19.4 Å². The number of hydrogen-bond acceptors (Lipinski definition) is 4. The first-order valence-corrected chi connectivity index (χ1v) is 3.80. The Morgan fingerprint density at radius 2 is 2.00 bits per heavy atom. The van der Waals surface area contributed by atoms with Crippen LogP contribution in [0.2, 0.25) is 0 Å². The first-order valence-electron chi connectivity index (χ1n) is 3.80. The lowest BCUT2D eigenvalue weighted by molar-refractivity contribution is -0.153. The molecule has 0 aliphatic heterocycles. The van der Waals surface area contributed by atoms with E-state index in [9.17, 15) is 14.7 Å². The summed E-state index contributed by atoms with van der Waals surface area (Å²) in [5, 5.41) is 9.27. The van der Waals surface area contributed by atoms with Gasteiger partial charge in [-0.25, -0.2) is 0 Å². The molecule has 4 nitrogen and oxygen atoms in total. The van der Waals surface area contributed by atoms with E-state index in [2.05, 4.69) is 4.74 Å². The third-order valence-corrected chi connectivity index (χ3v) is 1.70. The van der Waals surface area contributed by atoms with E-state index in [0.717, 1.165) is 0 Å². The molecular weight excluding hydrogens is 160 g/mol. The van der Waals surface area contributed by atoms with Crippen LogP contribution in [0.4, 0.5) is 0 Å². The lowest BCUT2D eigenvalue weighted by atomic mass is 9.97. The molecule has 1 N–H and O–H groups in total. The van der Waals surface area contributed by atoms with Crippen LogP contribution in [0.15, 0.2) is 0 Å². The van der Waals surface area contributed by atoms with Crippen LogP contribution in [0.3, 0.4) is 0 Å². The van der Waals surface area contributed by atoms with Gasteiger partial charge >= 0.3 is 5.97 Å². The van der Waals surface area contributed by atoms with Crippen LogP contribution in [-0.4, -0.2) is 30.1 Å². The van der Waals surface area contributed by atoms with E-state index in [1.807, 2.05) is 0 Å². The Morgan fingerprint density at radius 1 is 1.50 bits per heavy atom. The van der Waals surface area contributed by atoms with Gasteiger partial charge in [-0.15, -0.1) is 0 Å². The van der Waals surface area contributed by atoms with Gasteiger partial charge < -0.3 is 9.84 Å². The van der Waals surface area contributed by atoms with Gasteiger partial charge in [0.15, 0.2) is 0 Å². The zero-order valence-corrected chi connectivity index (χ0v) is 7.53. The van der Waals surface area contributed by atoms with Gasteiger partial charge in [0.25, 0.3) is 0 Å². The minimum absolute atomic E-state index is 0.360. The number of carbonyl (C=O) groups excluding carboxylic acids is 2. The maximum atomic E-state index is 11.0. The van der Waals surface area contributed by atoms with Gasteiger partial charge in [0, 0.05) is 0 Å². The van der Waals surface area contributed by atoms with Crippen molar-refractivity contribution in [3.8, 4) is 0 Å². The topological polar surface area (TPSA) is 63.6 Å². The van der Waals surface area contributed by atoms with Crippen LogP contribution in [0, 0.1) is 5.92 Å². The fourth-order valence-electron chi connectivity index (χ4n) is 0.957. The second-order valence-corrected chi connectivity index (χ2v) is 2.59. The number of ketones is 1. The van der Waals surface area contributed by atoms with E-state index < -0.39 is 18.0 Å². The van der Waals surface area contributed by atoms with E-state index in [1.165, 1.54) is 14.0 Å². The minimum Gasteiger partial charge on any atom is -0.468 e. The molecule has 0 saturated carbocycles. The van der Waals surface area contributed by atoms with Gasteiger partial charge in [-0.05, 0) is 13.3 Å². The summed E-state index contributed by atoms with van der Waals surface area (Å²) >= 11 is 0. The van der Waals surface area contributed by atoms with Crippen molar-refractivity contribution in [2.24, 2.45) is 5.92 Å². The van der Waals surface area contributed by atoms with Gasteiger partial charge in [-0.3, -0.25) is 9.59 Å². The Labute approximate surface area is 71.5 Å². The van der Waals surface area contributed by atoms with Gasteiger partial charge in [0.05, 0.1) is 13.2 Å². The average Bonchev–Trinajstić information content (AvgIpc) is 2.03. The molecule has 0 spiro atoms. The molecular formula is C8H14O4. The first-order chi connectivity index (χ1) is 5.54. The Hall–Kier alpha value is -0.900. The predicted octanol–water partition coefficient (Wildman–Crippen LogP) is 0.135. The van der Waals surface area contributed by atoms with Crippen molar-refractivity contribution in [3.05, 3.63) is 0 Å². The second kappa shape index (κ2) is 4.87. The number of Topliss-reactive ketones (excluding diaryl/α,β-unsaturated/α-hetero) is 1. The van der Waals surface area contributed by atoms with Crippen LogP contribution < -0.4 is 0 Å². The molecule has 70 valence electrons. The summed E-state index contributed by atoms with van der Waals surface area (Å²) in [4.78, 5) is 21.8. The summed E-state index contributed by atoms with van der Waals surface area (Å²) in [6.45, 7) is 2.96. The van der Waals surface area contributed by atoms with E-state index in [-0.39, 0.29) is 5.78 Å². The first kappa shape index (κ1) is 11.1. The molecule has 0 rings (SSSR count). The molecule has 0 aliphatic carbocycles. The molecule has 0 aliphatic rings. The van der Waals surface area contributed by atoms with E-state index >= 15 is 0 Å². The number of aliphatic hydroxyl groups is 1. The number of hydrogen-bond donors (Lipinski definition) is 1. The highest BCUT2D eigenvalue weighted by molar-refractivity contribution is 5.98. The van der Waals surface area contributed by atoms with E-state index in [0.29, 0.717) is 6.42 Å². The Balaban J connectivity index is 4.43. The maximum absolute atomic E-state index is 11.0. The quantitative estimate of drug-likeness (QED) is 0.486. The monoisotopic (exact) mass is 174 g/mol. The minimum atomic E-state index is -1.03. The van der Waals surface area contributed by atoms with Crippen LogP contribution in [0.25, 0.3) is 0 Å². The van der Waals surface area contributed by atoms with Crippen molar-refractivity contribution in [3.63, 3.8) is 0 Å². The molecule has 0 aromatic carbocycles. The second-order valence-electron chi connectivity index (χ2n) is 2.59. The van der Waals surface area contributed by atoms with Gasteiger partial charge in [-0.1, -0.05) is 6.92 Å². The summed E-state index contributed by atoms with van der Waals surface area (Å²) in [5.74, 6) is -2.06. The fraction of sp³-hybridized carbons (Fsp3) is 0.750. The Bertz CT molecular complexity index is 176. The third kappa shape index (κ3) is 2.62. The van der Waals surface area contributed by atoms with Gasteiger partial charge in [0.2, 0.25) is 0 Å². The maximum Gasteiger partial charge on any atom is 0.318 e. The Kier molecular flexibility index (Phi) is 4.51. The number of esters is 1. The number of ether oxygens (including phenoxy) is 1. The predicted molar refractivity (Wildman–Crippen MR) is 42.5 cm³/mol. The van der Waals surface area contributed by atoms with Crippen LogP contribution in [-0.2, 0) is 14.3 Å². The molecule has 0 fully saturated rings. The van der Waals surface area contributed by atoms with Crippen molar-refractivity contribution in [1.82, 2.24) is 0 Å². The zero-order chi connectivity index (χ0) is 9.72. The molecule has 0 saturated heterocycles. The molecule has 0 amide bonds. The summed E-state index contributed by atoms with van der Waals surface area (Å²) in [6.07, 6.45) is -0.575. The van der Waals surface area contributed by atoms with Crippen molar-refractivity contribution in [2.45, 2.75) is 26.4 Å². The largest absolute Gasteiger partial charge is 0.468 e. The lowest BCUT2D eigenvalue weighted by Gasteiger charge is -2.15. The smallest absolute Gasteiger partial charge is 0.318 e. The van der Waals surface area contributed by atoms with Crippen LogP contribution in [0.5, 0.6) is 0 Å². The van der Waals surface area contributed by atoms with Crippen molar-refractivity contribution in [2.75, 3.05) is 7.11 Å². The van der Waals surface area contributed by atoms with Gasteiger partial charge in [0.1, 0.15) is 11.7 Å². The highest BCUT2D eigenvalue weighted by Crippen LogP contribution is 2.10. The molecule has 2 unspecified atom stereocenters. The standard InChI is InChI=1S/C8H14O4/c1-4-6(10)7(5(2)9)8(11)12-3/h6-7,10H,4H2,1-3H3. The van der Waals surface area contributed by atoms with Crippen LogP contribution in [0.1, 0.15) is 20.3 Å². The number of methoxy groups -OCH3 is 1. The van der Waals surface area contributed by atoms with Gasteiger partial charge in [-0.2, -0.15) is 0 Å². The summed E-state index contributed by atoms with van der Waals surface area (Å²) in [6, 6.07) is 0. The van der Waals surface area contributed by atoms with Crippen molar-refractivity contribution >= 4 is 11.8 Å². The molecule has 0 radical (unpaired) electrons. The molecule has 0 heterocycles.